The molecule has 0 spiro atoms. The average molecular weight is 285 g/mol. The number of ether oxygens (including phenoxy) is 1. The van der Waals surface area contributed by atoms with Crippen molar-refractivity contribution in [3.05, 3.63) is 29.8 Å². The van der Waals surface area contributed by atoms with Crippen molar-refractivity contribution in [2.45, 2.75) is 58.2 Å². The Bertz CT molecular complexity index is 493. The van der Waals surface area contributed by atoms with Gasteiger partial charge in [-0.15, -0.1) is 0 Å². The standard InChI is InChI=1S/C19H27NO/c1-11(2)21-16-8-6-13(7-9-16)12(3)20-19-17-14-4-5-15(10-14)18(17)19/h6-9,11-12,14-15,17-20H,4-5,10H2,1-3H3. The highest BCUT2D eigenvalue weighted by atomic mass is 16.5. The van der Waals surface area contributed by atoms with E-state index in [1.54, 1.807) is 0 Å². The molecule has 0 amide bonds. The van der Waals surface area contributed by atoms with Gasteiger partial charge in [-0.05, 0) is 81.4 Å². The number of hydrogen-bond acceptors (Lipinski definition) is 2. The largest absolute Gasteiger partial charge is 0.491 e. The summed E-state index contributed by atoms with van der Waals surface area (Å²) in [5, 5.41) is 3.89. The van der Waals surface area contributed by atoms with E-state index >= 15 is 0 Å². The Kier molecular flexibility index (Phi) is 3.25. The summed E-state index contributed by atoms with van der Waals surface area (Å²) in [5.41, 5.74) is 1.38. The second-order valence-electron chi connectivity index (χ2n) is 7.64. The van der Waals surface area contributed by atoms with Crippen LogP contribution in [0.4, 0.5) is 0 Å². The van der Waals surface area contributed by atoms with Crippen LogP contribution in [0, 0.1) is 23.7 Å². The van der Waals surface area contributed by atoms with Crippen LogP contribution in [0.1, 0.15) is 51.6 Å². The van der Waals surface area contributed by atoms with E-state index in [2.05, 4.69) is 50.4 Å². The minimum Gasteiger partial charge on any atom is -0.491 e. The molecule has 5 atom stereocenters. The molecule has 114 valence electrons. The van der Waals surface area contributed by atoms with Gasteiger partial charge in [-0.1, -0.05) is 12.1 Å². The highest BCUT2D eigenvalue weighted by molar-refractivity contribution is 5.30. The van der Waals surface area contributed by atoms with E-state index in [-0.39, 0.29) is 6.10 Å². The molecule has 3 aliphatic rings. The second-order valence-corrected chi connectivity index (χ2v) is 7.64. The molecule has 4 rings (SSSR count). The van der Waals surface area contributed by atoms with Gasteiger partial charge >= 0.3 is 0 Å². The molecule has 0 radical (unpaired) electrons. The maximum Gasteiger partial charge on any atom is 0.119 e. The monoisotopic (exact) mass is 285 g/mol. The predicted octanol–water partition coefficient (Wildman–Crippen LogP) is 4.17. The van der Waals surface area contributed by atoms with Gasteiger partial charge in [0.2, 0.25) is 0 Å². The van der Waals surface area contributed by atoms with Gasteiger partial charge in [0.15, 0.2) is 0 Å². The predicted molar refractivity (Wildman–Crippen MR) is 85.4 cm³/mol. The van der Waals surface area contributed by atoms with Crippen LogP contribution in [0.3, 0.4) is 0 Å². The molecule has 0 heterocycles. The van der Waals surface area contributed by atoms with Gasteiger partial charge in [0.05, 0.1) is 6.10 Å². The molecule has 1 aromatic carbocycles. The van der Waals surface area contributed by atoms with Crippen molar-refractivity contribution >= 4 is 0 Å². The summed E-state index contributed by atoms with van der Waals surface area (Å²) in [5.74, 6) is 5.09. The molecule has 2 nitrogen and oxygen atoms in total. The molecular weight excluding hydrogens is 258 g/mol. The molecule has 1 N–H and O–H groups in total. The maximum absolute atomic E-state index is 5.72. The van der Waals surface area contributed by atoms with E-state index in [0.29, 0.717) is 6.04 Å². The molecule has 0 aromatic heterocycles. The highest BCUT2D eigenvalue weighted by Gasteiger charge is 2.64. The first-order chi connectivity index (χ1) is 10.1. The average Bonchev–Trinajstić information content (AvgIpc) is 2.83. The third-order valence-electron chi connectivity index (χ3n) is 5.93. The zero-order chi connectivity index (χ0) is 14.6. The number of hydrogen-bond donors (Lipinski definition) is 1. The smallest absolute Gasteiger partial charge is 0.119 e. The lowest BCUT2D eigenvalue weighted by Gasteiger charge is -2.18. The molecule has 2 heteroatoms. The van der Waals surface area contributed by atoms with E-state index < -0.39 is 0 Å². The molecule has 5 unspecified atom stereocenters. The van der Waals surface area contributed by atoms with Gasteiger partial charge in [0.25, 0.3) is 0 Å². The van der Waals surface area contributed by atoms with Crippen LogP contribution in [0.2, 0.25) is 0 Å². The van der Waals surface area contributed by atoms with Crippen LogP contribution in [-0.2, 0) is 0 Å². The van der Waals surface area contributed by atoms with Gasteiger partial charge < -0.3 is 10.1 Å². The summed E-state index contributed by atoms with van der Waals surface area (Å²) in [4.78, 5) is 0. The SMILES string of the molecule is CC(C)Oc1ccc(C(C)NC2C3C4CCC(C4)C23)cc1. The Labute approximate surface area is 128 Å². The van der Waals surface area contributed by atoms with Crippen molar-refractivity contribution < 1.29 is 4.74 Å². The summed E-state index contributed by atoms with van der Waals surface area (Å²) in [6.45, 7) is 6.44. The molecule has 0 saturated heterocycles. The summed E-state index contributed by atoms with van der Waals surface area (Å²) in [6, 6.07) is 9.88. The van der Waals surface area contributed by atoms with Crippen molar-refractivity contribution in [2.24, 2.45) is 23.7 Å². The molecular formula is C19H27NO. The lowest BCUT2D eigenvalue weighted by atomic mass is 10.0. The third-order valence-corrected chi connectivity index (χ3v) is 5.93. The Morgan fingerprint density at radius 2 is 1.62 bits per heavy atom. The van der Waals surface area contributed by atoms with Crippen LogP contribution in [0.25, 0.3) is 0 Å². The number of benzene rings is 1. The third kappa shape index (κ3) is 2.38. The van der Waals surface area contributed by atoms with Crippen LogP contribution >= 0.6 is 0 Å². The van der Waals surface area contributed by atoms with Gasteiger partial charge in [-0.25, -0.2) is 0 Å². The van der Waals surface area contributed by atoms with Gasteiger partial charge in [-0.3, -0.25) is 0 Å². The molecule has 3 fully saturated rings. The topological polar surface area (TPSA) is 21.3 Å². The molecule has 0 aliphatic heterocycles. The van der Waals surface area contributed by atoms with Crippen LogP contribution in [0.15, 0.2) is 24.3 Å². The zero-order valence-electron chi connectivity index (χ0n) is 13.4. The van der Waals surface area contributed by atoms with Crippen molar-refractivity contribution in [2.75, 3.05) is 0 Å². The highest BCUT2D eigenvalue weighted by Crippen LogP contribution is 2.65. The number of rotatable bonds is 5. The van der Waals surface area contributed by atoms with Gasteiger partial charge in [-0.2, -0.15) is 0 Å². The fourth-order valence-electron chi connectivity index (χ4n) is 5.04. The van der Waals surface area contributed by atoms with Crippen LogP contribution in [0.5, 0.6) is 5.75 Å². The second kappa shape index (κ2) is 5.01. The fourth-order valence-corrected chi connectivity index (χ4v) is 5.04. The molecule has 21 heavy (non-hydrogen) atoms. The van der Waals surface area contributed by atoms with Crippen molar-refractivity contribution in [1.82, 2.24) is 5.32 Å². The fraction of sp³-hybridized carbons (Fsp3) is 0.684. The van der Waals surface area contributed by atoms with E-state index in [1.807, 2.05) is 0 Å². The van der Waals surface area contributed by atoms with Crippen molar-refractivity contribution in [3.8, 4) is 5.75 Å². The van der Waals surface area contributed by atoms with Gasteiger partial charge in [0.1, 0.15) is 5.75 Å². The lowest BCUT2D eigenvalue weighted by molar-refractivity contribution is 0.242. The Morgan fingerprint density at radius 1 is 1.00 bits per heavy atom. The van der Waals surface area contributed by atoms with E-state index in [1.165, 1.54) is 24.8 Å². The summed E-state index contributed by atoms with van der Waals surface area (Å²) in [6.07, 6.45) is 4.77. The van der Waals surface area contributed by atoms with Crippen molar-refractivity contribution in [1.29, 1.82) is 0 Å². The number of nitrogens with one attached hydrogen (secondary N) is 1. The Morgan fingerprint density at radius 3 is 2.19 bits per heavy atom. The van der Waals surface area contributed by atoms with E-state index in [4.69, 9.17) is 4.74 Å². The summed E-state index contributed by atoms with van der Waals surface area (Å²) >= 11 is 0. The Hall–Kier alpha value is -1.02. The van der Waals surface area contributed by atoms with E-state index in [9.17, 15) is 0 Å². The Balaban J connectivity index is 1.36. The molecule has 1 aromatic rings. The van der Waals surface area contributed by atoms with Gasteiger partial charge in [0, 0.05) is 12.1 Å². The molecule has 3 saturated carbocycles. The minimum atomic E-state index is 0.243. The first kappa shape index (κ1) is 13.6. The first-order valence-corrected chi connectivity index (χ1v) is 8.66. The molecule has 3 aliphatic carbocycles. The maximum atomic E-state index is 5.72. The molecule has 2 bridgehead atoms. The van der Waals surface area contributed by atoms with Crippen LogP contribution < -0.4 is 10.1 Å². The normalized spacial score (nSPS) is 37.6. The van der Waals surface area contributed by atoms with Crippen LogP contribution in [-0.4, -0.2) is 12.1 Å². The lowest BCUT2D eigenvalue weighted by Crippen LogP contribution is -2.26. The minimum absolute atomic E-state index is 0.243. The quantitative estimate of drug-likeness (QED) is 0.876. The summed E-state index contributed by atoms with van der Waals surface area (Å²) < 4.78 is 5.72. The zero-order valence-corrected chi connectivity index (χ0v) is 13.4. The number of fused-ring (bicyclic) bond motifs is 5. The van der Waals surface area contributed by atoms with Crippen molar-refractivity contribution in [3.63, 3.8) is 0 Å². The van der Waals surface area contributed by atoms with E-state index in [0.717, 1.165) is 35.5 Å². The first-order valence-electron chi connectivity index (χ1n) is 8.66. The summed E-state index contributed by atoms with van der Waals surface area (Å²) in [7, 11) is 0.